The Morgan fingerprint density at radius 1 is 1.42 bits per heavy atom. The maximum absolute atomic E-state index is 11.7. The van der Waals surface area contributed by atoms with Crippen molar-refractivity contribution in [1.82, 2.24) is 9.88 Å². The van der Waals surface area contributed by atoms with Crippen molar-refractivity contribution in [1.29, 1.82) is 0 Å². The average Bonchev–Trinajstić information content (AvgIpc) is 2.71. The van der Waals surface area contributed by atoms with Gasteiger partial charge in [0.2, 0.25) is 0 Å². The third kappa shape index (κ3) is 4.28. The molecule has 108 valence electrons. The van der Waals surface area contributed by atoms with Crippen molar-refractivity contribution in [2.45, 2.75) is 38.7 Å². The van der Waals surface area contributed by atoms with Crippen LogP contribution in [-0.4, -0.2) is 29.4 Å². The molecule has 0 saturated heterocycles. The zero-order valence-corrected chi connectivity index (χ0v) is 12.5. The number of amides is 1. The number of carbonyl (C=O) groups is 1. The summed E-state index contributed by atoms with van der Waals surface area (Å²) >= 11 is 0. The lowest BCUT2D eigenvalue weighted by molar-refractivity contribution is 0.0516. The van der Waals surface area contributed by atoms with Gasteiger partial charge < -0.3 is 20.4 Å². The highest BCUT2D eigenvalue weighted by atomic mass is 16.6. The van der Waals surface area contributed by atoms with Gasteiger partial charge in [-0.05, 0) is 32.9 Å². The molecular weight excluding hydrogens is 242 g/mol. The lowest BCUT2D eigenvalue weighted by atomic mass is 9.86. The minimum Gasteiger partial charge on any atom is -0.444 e. The molecule has 1 atom stereocenters. The Balaban J connectivity index is 2.68. The molecule has 0 aromatic carbocycles. The van der Waals surface area contributed by atoms with Crippen LogP contribution < -0.4 is 11.1 Å². The van der Waals surface area contributed by atoms with Gasteiger partial charge in [-0.3, -0.25) is 0 Å². The van der Waals surface area contributed by atoms with Gasteiger partial charge in [-0.2, -0.15) is 0 Å². The van der Waals surface area contributed by atoms with Crippen molar-refractivity contribution in [2.24, 2.45) is 12.8 Å². The normalized spacial score (nSPS) is 14.8. The Hall–Kier alpha value is -1.49. The monoisotopic (exact) mass is 267 g/mol. The van der Waals surface area contributed by atoms with Crippen molar-refractivity contribution in [2.75, 3.05) is 13.1 Å². The molecule has 0 bridgehead atoms. The molecule has 5 nitrogen and oxygen atoms in total. The number of ether oxygens (including phenoxy) is 1. The number of rotatable bonds is 4. The molecule has 1 rings (SSSR count). The minimum absolute atomic E-state index is 0.310. The highest BCUT2D eigenvalue weighted by molar-refractivity contribution is 5.67. The number of alkyl carbamates (subject to hydrolysis) is 1. The lowest BCUT2D eigenvalue weighted by Crippen LogP contribution is -2.46. The first-order valence-electron chi connectivity index (χ1n) is 6.47. The van der Waals surface area contributed by atoms with E-state index in [2.05, 4.69) is 5.32 Å². The number of nitrogens with zero attached hydrogens (tertiary/aromatic N) is 1. The smallest absolute Gasteiger partial charge is 0.407 e. The second-order valence-corrected chi connectivity index (χ2v) is 6.12. The zero-order chi connectivity index (χ0) is 14.7. The van der Waals surface area contributed by atoms with E-state index < -0.39 is 11.7 Å². The maximum atomic E-state index is 11.7. The molecule has 0 saturated carbocycles. The number of hydrogen-bond acceptors (Lipinski definition) is 3. The van der Waals surface area contributed by atoms with Crippen LogP contribution in [0.15, 0.2) is 18.3 Å². The standard InChI is InChI=1S/C14H25N3O2/c1-13(2,3)19-12(18)16-10-14(4,9-15)11-7-6-8-17(11)5/h6-8H,9-10,15H2,1-5H3,(H,16,18). The SMILES string of the molecule is Cn1cccc1C(C)(CN)CNC(=O)OC(C)(C)C. The lowest BCUT2D eigenvalue weighted by Gasteiger charge is -2.30. The molecule has 0 radical (unpaired) electrons. The molecule has 0 spiro atoms. The zero-order valence-electron chi connectivity index (χ0n) is 12.5. The largest absolute Gasteiger partial charge is 0.444 e. The number of aryl methyl sites for hydroxylation is 1. The van der Waals surface area contributed by atoms with Crippen LogP contribution in [0.2, 0.25) is 0 Å². The number of nitrogens with one attached hydrogen (secondary N) is 1. The molecule has 1 unspecified atom stereocenters. The Morgan fingerprint density at radius 3 is 2.47 bits per heavy atom. The van der Waals surface area contributed by atoms with Crippen molar-refractivity contribution >= 4 is 6.09 Å². The summed E-state index contributed by atoms with van der Waals surface area (Å²) in [4.78, 5) is 11.7. The van der Waals surface area contributed by atoms with Crippen LogP contribution in [-0.2, 0) is 17.2 Å². The summed E-state index contributed by atoms with van der Waals surface area (Å²) in [7, 11) is 1.97. The van der Waals surface area contributed by atoms with Crippen LogP contribution in [0.5, 0.6) is 0 Å². The fourth-order valence-corrected chi connectivity index (χ4v) is 1.94. The van der Waals surface area contributed by atoms with E-state index in [1.54, 1.807) is 0 Å². The van der Waals surface area contributed by atoms with Gasteiger partial charge in [0.05, 0.1) is 0 Å². The van der Waals surface area contributed by atoms with E-state index in [0.29, 0.717) is 13.1 Å². The fourth-order valence-electron chi connectivity index (χ4n) is 1.94. The maximum Gasteiger partial charge on any atom is 0.407 e. The van der Waals surface area contributed by atoms with Gasteiger partial charge in [0.15, 0.2) is 0 Å². The quantitative estimate of drug-likeness (QED) is 0.873. The van der Waals surface area contributed by atoms with Crippen molar-refractivity contribution < 1.29 is 9.53 Å². The van der Waals surface area contributed by atoms with Crippen LogP contribution in [0.25, 0.3) is 0 Å². The summed E-state index contributed by atoms with van der Waals surface area (Å²) in [5.74, 6) is 0. The first-order valence-corrected chi connectivity index (χ1v) is 6.47. The van der Waals surface area contributed by atoms with Crippen molar-refractivity contribution in [3.8, 4) is 0 Å². The Morgan fingerprint density at radius 2 is 2.05 bits per heavy atom. The highest BCUT2D eigenvalue weighted by Crippen LogP contribution is 2.22. The van der Waals surface area contributed by atoms with Gasteiger partial charge >= 0.3 is 6.09 Å². The van der Waals surface area contributed by atoms with E-state index in [1.807, 2.05) is 57.6 Å². The van der Waals surface area contributed by atoms with Crippen LogP contribution in [0.4, 0.5) is 4.79 Å². The third-order valence-electron chi connectivity index (χ3n) is 3.03. The van der Waals surface area contributed by atoms with E-state index in [1.165, 1.54) is 0 Å². The number of aromatic nitrogens is 1. The molecule has 5 heteroatoms. The molecule has 0 aliphatic carbocycles. The van der Waals surface area contributed by atoms with Crippen LogP contribution in [0.1, 0.15) is 33.4 Å². The van der Waals surface area contributed by atoms with Crippen LogP contribution in [0.3, 0.4) is 0 Å². The van der Waals surface area contributed by atoms with Gasteiger partial charge in [-0.1, -0.05) is 6.92 Å². The van der Waals surface area contributed by atoms with Gasteiger partial charge in [0.25, 0.3) is 0 Å². The summed E-state index contributed by atoms with van der Waals surface area (Å²) in [6, 6.07) is 3.99. The molecule has 0 aliphatic rings. The fraction of sp³-hybridized carbons (Fsp3) is 0.643. The van der Waals surface area contributed by atoms with E-state index in [-0.39, 0.29) is 5.41 Å². The van der Waals surface area contributed by atoms with Crippen molar-refractivity contribution in [3.05, 3.63) is 24.0 Å². The minimum atomic E-state index is -0.492. The molecule has 0 aliphatic heterocycles. The third-order valence-corrected chi connectivity index (χ3v) is 3.03. The first-order chi connectivity index (χ1) is 8.68. The molecule has 3 N–H and O–H groups in total. The summed E-state index contributed by atoms with van der Waals surface area (Å²) in [5, 5.41) is 2.79. The van der Waals surface area contributed by atoms with Gasteiger partial charge in [-0.15, -0.1) is 0 Å². The summed E-state index contributed by atoms with van der Waals surface area (Å²) in [6.07, 6.45) is 1.55. The highest BCUT2D eigenvalue weighted by Gasteiger charge is 2.28. The Kier molecular flexibility index (Phi) is 4.63. The summed E-state index contributed by atoms with van der Waals surface area (Å²) < 4.78 is 7.25. The molecule has 1 amide bonds. The Labute approximate surface area is 115 Å². The number of nitrogens with two attached hydrogens (primary N) is 1. The van der Waals surface area contributed by atoms with Gasteiger partial charge in [0.1, 0.15) is 5.60 Å². The molecule has 0 fully saturated rings. The van der Waals surface area contributed by atoms with Crippen LogP contribution in [0, 0.1) is 0 Å². The molecular formula is C14H25N3O2. The molecule has 1 heterocycles. The van der Waals surface area contributed by atoms with Crippen LogP contribution >= 0.6 is 0 Å². The summed E-state index contributed by atoms with van der Waals surface area (Å²) in [6.45, 7) is 8.43. The topological polar surface area (TPSA) is 69.3 Å². The van der Waals surface area contributed by atoms with Gasteiger partial charge in [0, 0.05) is 37.4 Å². The first kappa shape index (κ1) is 15.6. The molecule has 1 aromatic rings. The van der Waals surface area contributed by atoms with Crippen molar-refractivity contribution in [3.63, 3.8) is 0 Å². The van der Waals surface area contributed by atoms with Gasteiger partial charge in [-0.25, -0.2) is 4.79 Å². The van der Waals surface area contributed by atoms with E-state index in [4.69, 9.17) is 10.5 Å². The van der Waals surface area contributed by atoms with E-state index in [9.17, 15) is 4.79 Å². The number of hydrogen-bond donors (Lipinski definition) is 2. The number of carbonyl (C=O) groups excluding carboxylic acids is 1. The predicted octanol–water partition coefficient (Wildman–Crippen LogP) is 1.77. The second kappa shape index (κ2) is 5.65. The average molecular weight is 267 g/mol. The van der Waals surface area contributed by atoms with E-state index >= 15 is 0 Å². The molecule has 1 aromatic heterocycles. The van der Waals surface area contributed by atoms with E-state index in [0.717, 1.165) is 5.69 Å². The molecule has 19 heavy (non-hydrogen) atoms. The predicted molar refractivity (Wildman–Crippen MR) is 76.1 cm³/mol. The summed E-state index contributed by atoms with van der Waals surface area (Å²) in [5.41, 5.74) is 6.16. The second-order valence-electron chi connectivity index (χ2n) is 6.12. The Bertz CT molecular complexity index is 434.